The van der Waals surface area contributed by atoms with Crippen molar-refractivity contribution in [3.8, 4) is 0 Å². The SMILES string of the molecule is O=S(=O)(NCC(F)(F)F)NC(CO)c1ccccc1. The number of nitrogens with one attached hydrogen (secondary N) is 2. The monoisotopic (exact) mass is 298 g/mol. The highest BCUT2D eigenvalue weighted by atomic mass is 32.2. The Morgan fingerprint density at radius 1 is 1.21 bits per heavy atom. The van der Waals surface area contributed by atoms with E-state index in [0.717, 1.165) is 0 Å². The van der Waals surface area contributed by atoms with Crippen LogP contribution >= 0.6 is 0 Å². The zero-order valence-electron chi connectivity index (χ0n) is 9.68. The topological polar surface area (TPSA) is 78.4 Å². The summed E-state index contributed by atoms with van der Waals surface area (Å²) in [6.07, 6.45) is -4.64. The highest BCUT2D eigenvalue weighted by Crippen LogP contribution is 2.14. The summed E-state index contributed by atoms with van der Waals surface area (Å²) in [5, 5.41) is 9.09. The fraction of sp³-hybridized carbons (Fsp3) is 0.400. The van der Waals surface area contributed by atoms with Crippen molar-refractivity contribution in [1.82, 2.24) is 9.44 Å². The van der Waals surface area contributed by atoms with Crippen LogP contribution in [0.25, 0.3) is 0 Å². The maximum atomic E-state index is 11.9. The molecule has 0 aliphatic carbocycles. The Labute approximate surface area is 108 Å². The molecule has 0 radical (unpaired) electrons. The molecule has 1 atom stereocenters. The first-order valence-electron chi connectivity index (χ1n) is 5.23. The largest absolute Gasteiger partial charge is 0.402 e. The maximum Gasteiger partial charge on any atom is 0.402 e. The van der Waals surface area contributed by atoms with Crippen molar-refractivity contribution in [3.63, 3.8) is 0 Å². The van der Waals surface area contributed by atoms with E-state index in [0.29, 0.717) is 5.56 Å². The Morgan fingerprint density at radius 3 is 2.26 bits per heavy atom. The maximum absolute atomic E-state index is 11.9. The second-order valence-electron chi connectivity index (χ2n) is 3.70. The fourth-order valence-corrected chi connectivity index (χ4v) is 2.32. The molecule has 9 heteroatoms. The summed E-state index contributed by atoms with van der Waals surface area (Å²) in [7, 11) is -4.35. The van der Waals surface area contributed by atoms with Gasteiger partial charge in [-0.25, -0.2) is 0 Å². The van der Waals surface area contributed by atoms with E-state index >= 15 is 0 Å². The van der Waals surface area contributed by atoms with Gasteiger partial charge in [0.25, 0.3) is 10.2 Å². The van der Waals surface area contributed by atoms with Crippen molar-refractivity contribution in [3.05, 3.63) is 35.9 Å². The predicted molar refractivity (Wildman–Crippen MR) is 62.4 cm³/mol. The number of aliphatic hydroxyl groups excluding tert-OH is 1. The minimum Gasteiger partial charge on any atom is -0.394 e. The summed E-state index contributed by atoms with van der Waals surface area (Å²) in [5.74, 6) is 0. The summed E-state index contributed by atoms with van der Waals surface area (Å²) in [4.78, 5) is 0. The molecule has 0 aliphatic heterocycles. The molecule has 0 spiro atoms. The third-order valence-electron chi connectivity index (χ3n) is 2.14. The molecule has 0 saturated heterocycles. The van der Waals surface area contributed by atoms with Crippen molar-refractivity contribution in [2.24, 2.45) is 0 Å². The highest BCUT2D eigenvalue weighted by Gasteiger charge is 2.30. The number of hydrogen-bond acceptors (Lipinski definition) is 3. The molecule has 0 aliphatic rings. The zero-order chi connectivity index (χ0) is 14.5. The van der Waals surface area contributed by atoms with Crippen LogP contribution in [0, 0.1) is 0 Å². The second-order valence-corrected chi connectivity index (χ2v) is 5.23. The van der Waals surface area contributed by atoms with Crippen LogP contribution in [-0.2, 0) is 10.2 Å². The Balaban J connectivity index is 2.70. The van der Waals surface area contributed by atoms with Gasteiger partial charge in [0.2, 0.25) is 0 Å². The quantitative estimate of drug-likeness (QED) is 0.723. The Morgan fingerprint density at radius 2 is 1.79 bits per heavy atom. The summed E-state index contributed by atoms with van der Waals surface area (Å²) >= 11 is 0. The standard InChI is InChI=1S/C10H13F3N2O3S/c11-10(12,13)7-14-19(17,18)15-9(6-16)8-4-2-1-3-5-8/h1-5,9,14-16H,6-7H2. The van der Waals surface area contributed by atoms with E-state index in [4.69, 9.17) is 5.11 Å². The van der Waals surface area contributed by atoms with Gasteiger partial charge >= 0.3 is 6.18 Å². The average molecular weight is 298 g/mol. The van der Waals surface area contributed by atoms with Crippen LogP contribution < -0.4 is 9.44 Å². The lowest BCUT2D eigenvalue weighted by Crippen LogP contribution is -2.43. The minimum absolute atomic E-state index is 0.447. The summed E-state index contributed by atoms with van der Waals surface area (Å²) in [6.45, 7) is -2.24. The first kappa shape index (κ1) is 15.9. The minimum atomic E-state index is -4.64. The number of halogens is 3. The van der Waals surface area contributed by atoms with Crippen molar-refractivity contribution in [2.45, 2.75) is 12.2 Å². The van der Waals surface area contributed by atoms with E-state index < -0.39 is 35.6 Å². The predicted octanol–water partition coefficient (Wildman–Crippen LogP) is 0.706. The third kappa shape index (κ3) is 6.01. The Bertz CT molecular complexity index is 490. The molecular weight excluding hydrogens is 285 g/mol. The Kier molecular flexibility index (Phi) is 5.29. The van der Waals surface area contributed by atoms with E-state index in [-0.39, 0.29) is 0 Å². The van der Waals surface area contributed by atoms with Crippen molar-refractivity contribution in [1.29, 1.82) is 0 Å². The fourth-order valence-electron chi connectivity index (χ4n) is 1.30. The molecule has 3 N–H and O–H groups in total. The lowest BCUT2D eigenvalue weighted by atomic mass is 10.1. The van der Waals surface area contributed by atoms with Crippen molar-refractivity contribution < 1.29 is 26.7 Å². The molecule has 1 rings (SSSR count). The number of benzene rings is 1. The molecule has 0 aromatic heterocycles. The van der Waals surface area contributed by atoms with Crippen LogP contribution in [0.2, 0.25) is 0 Å². The zero-order valence-corrected chi connectivity index (χ0v) is 10.5. The molecule has 108 valence electrons. The third-order valence-corrected chi connectivity index (χ3v) is 3.26. The van der Waals surface area contributed by atoms with Gasteiger partial charge in [-0.1, -0.05) is 30.3 Å². The van der Waals surface area contributed by atoms with E-state index in [9.17, 15) is 21.6 Å². The first-order valence-corrected chi connectivity index (χ1v) is 6.71. The van der Waals surface area contributed by atoms with Crippen molar-refractivity contribution >= 4 is 10.2 Å². The first-order chi connectivity index (χ1) is 8.73. The van der Waals surface area contributed by atoms with Crippen LogP contribution in [-0.4, -0.2) is 32.9 Å². The molecule has 0 bridgehead atoms. The molecular formula is C10H13F3N2O3S. The average Bonchev–Trinajstić information content (AvgIpc) is 2.34. The molecule has 1 aromatic carbocycles. The number of aliphatic hydroxyl groups is 1. The van der Waals surface area contributed by atoms with Gasteiger partial charge < -0.3 is 5.11 Å². The van der Waals surface area contributed by atoms with Crippen LogP contribution in [0.1, 0.15) is 11.6 Å². The van der Waals surface area contributed by atoms with Gasteiger partial charge in [-0.05, 0) is 5.56 Å². The van der Waals surface area contributed by atoms with Gasteiger partial charge in [0, 0.05) is 0 Å². The van der Waals surface area contributed by atoms with Gasteiger partial charge in [0.05, 0.1) is 12.6 Å². The molecule has 1 unspecified atom stereocenters. The highest BCUT2D eigenvalue weighted by molar-refractivity contribution is 7.87. The van der Waals surface area contributed by atoms with Gasteiger partial charge in [-0.15, -0.1) is 0 Å². The molecule has 19 heavy (non-hydrogen) atoms. The number of rotatable bonds is 6. The summed E-state index contributed by atoms with van der Waals surface area (Å²) in [5.41, 5.74) is 0.447. The van der Waals surface area contributed by atoms with E-state index in [1.165, 1.54) is 4.72 Å². The second kappa shape index (κ2) is 6.33. The summed E-state index contributed by atoms with van der Waals surface area (Å²) < 4.78 is 61.8. The molecule has 0 fully saturated rings. The van der Waals surface area contributed by atoms with Crippen LogP contribution in [0.4, 0.5) is 13.2 Å². The lowest BCUT2D eigenvalue weighted by molar-refractivity contribution is -0.121. The Hall–Kier alpha value is -1.16. The van der Waals surface area contributed by atoms with Crippen LogP contribution in [0.15, 0.2) is 30.3 Å². The van der Waals surface area contributed by atoms with Crippen LogP contribution in [0.3, 0.4) is 0 Å². The summed E-state index contributed by atoms with van der Waals surface area (Å²) in [6, 6.07) is 7.02. The van der Waals surface area contributed by atoms with Gasteiger partial charge in [-0.2, -0.15) is 31.0 Å². The molecule has 0 amide bonds. The van der Waals surface area contributed by atoms with Gasteiger partial charge in [0.1, 0.15) is 6.54 Å². The molecule has 1 aromatic rings. The van der Waals surface area contributed by atoms with Crippen LogP contribution in [0.5, 0.6) is 0 Å². The van der Waals surface area contributed by atoms with Crippen molar-refractivity contribution in [2.75, 3.05) is 13.2 Å². The molecule has 0 heterocycles. The normalized spacial score (nSPS) is 14.3. The number of alkyl halides is 3. The molecule has 0 saturated carbocycles. The van der Waals surface area contributed by atoms with E-state index in [1.54, 1.807) is 30.3 Å². The van der Waals surface area contributed by atoms with E-state index in [2.05, 4.69) is 0 Å². The van der Waals surface area contributed by atoms with E-state index in [1.807, 2.05) is 4.72 Å². The van der Waals surface area contributed by atoms with Gasteiger partial charge in [-0.3, -0.25) is 0 Å². The number of hydrogen-bond donors (Lipinski definition) is 3. The smallest absolute Gasteiger partial charge is 0.394 e. The molecule has 5 nitrogen and oxygen atoms in total. The lowest BCUT2D eigenvalue weighted by Gasteiger charge is -2.17. The van der Waals surface area contributed by atoms with Gasteiger partial charge in [0.15, 0.2) is 0 Å².